The van der Waals surface area contributed by atoms with Gasteiger partial charge in [0.1, 0.15) is 0 Å². The molecule has 0 aliphatic carbocycles. The number of rotatable bonds is 5. The van der Waals surface area contributed by atoms with E-state index in [9.17, 15) is 0 Å². The normalized spacial score (nSPS) is 12.6. The average Bonchev–Trinajstić information content (AvgIpc) is 2.27. The van der Waals surface area contributed by atoms with Gasteiger partial charge in [0.05, 0.1) is 0 Å². The van der Waals surface area contributed by atoms with E-state index in [-0.39, 0.29) is 0 Å². The molecule has 0 radical (unpaired) electrons. The molecule has 1 rings (SSSR count). The molecule has 1 N–H and O–H groups in total. The first kappa shape index (κ1) is 13.2. The maximum Gasteiger partial charge on any atom is 0.155 e. The van der Waals surface area contributed by atoms with Crippen LogP contribution in [-0.2, 0) is 0 Å². The predicted octanol–water partition coefficient (Wildman–Crippen LogP) is 3.74. The zero-order chi connectivity index (χ0) is 12.1. The van der Waals surface area contributed by atoms with E-state index in [4.69, 9.17) is 11.6 Å². The number of aromatic nitrogens is 2. The highest BCUT2D eigenvalue weighted by Crippen LogP contribution is 2.21. The van der Waals surface area contributed by atoms with Crippen molar-refractivity contribution in [2.45, 2.75) is 53.0 Å². The molecule has 90 valence electrons. The highest BCUT2D eigenvalue weighted by molar-refractivity contribution is 6.30. The smallest absolute Gasteiger partial charge is 0.155 e. The number of anilines is 1. The van der Waals surface area contributed by atoms with E-state index in [1.165, 1.54) is 12.8 Å². The molecule has 0 aliphatic rings. The van der Waals surface area contributed by atoms with Gasteiger partial charge >= 0.3 is 0 Å². The van der Waals surface area contributed by atoms with Gasteiger partial charge < -0.3 is 5.32 Å². The summed E-state index contributed by atoms with van der Waals surface area (Å²) in [5.74, 6) is 0.852. The molecule has 0 fully saturated rings. The van der Waals surface area contributed by atoms with Crippen molar-refractivity contribution in [1.82, 2.24) is 10.2 Å². The first-order valence-electron chi connectivity index (χ1n) is 5.82. The molecule has 0 bridgehead atoms. The second kappa shape index (κ2) is 6.04. The number of nitrogens with zero attached hydrogens (tertiary/aromatic N) is 2. The molecule has 4 heteroatoms. The minimum absolute atomic E-state index is 0.425. The highest BCUT2D eigenvalue weighted by Gasteiger charge is 2.10. The molecule has 0 amide bonds. The van der Waals surface area contributed by atoms with Gasteiger partial charge in [-0.15, -0.1) is 10.2 Å². The molecule has 3 nitrogen and oxygen atoms in total. The SMILES string of the molecule is CCCCC(C)Nc1nnc(Cl)c(C)c1C. The Kier molecular flexibility index (Phi) is 5.00. The summed E-state index contributed by atoms with van der Waals surface area (Å²) >= 11 is 5.90. The van der Waals surface area contributed by atoms with Crippen molar-refractivity contribution in [3.8, 4) is 0 Å². The third kappa shape index (κ3) is 3.34. The van der Waals surface area contributed by atoms with Crippen LogP contribution in [0.15, 0.2) is 0 Å². The molecule has 16 heavy (non-hydrogen) atoms. The summed E-state index contributed by atoms with van der Waals surface area (Å²) in [6, 6.07) is 0.425. The lowest BCUT2D eigenvalue weighted by Crippen LogP contribution is -2.17. The van der Waals surface area contributed by atoms with Crippen molar-refractivity contribution >= 4 is 17.4 Å². The Morgan fingerprint density at radius 1 is 1.25 bits per heavy atom. The molecular weight excluding hydrogens is 222 g/mol. The summed E-state index contributed by atoms with van der Waals surface area (Å²) in [6.45, 7) is 8.35. The maximum atomic E-state index is 5.90. The standard InChI is InChI=1S/C12H20ClN3/c1-5-6-7-8(2)14-12-10(4)9(3)11(13)15-16-12/h8H,5-7H2,1-4H3,(H,14,16). The molecule has 1 aromatic rings. The number of hydrogen-bond acceptors (Lipinski definition) is 3. The van der Waals surface area contributed by atoms with Gasteiger partial charge in [0.25, 0.3) is 0 Å². The molecule has 0 spiro atoms. The molecule has 0 aromatic carbocycles. The zero-order valence-corrected chi connectivity index (χ0v) is 11.2. The highest BCUT2D eigenvalue weighted by atomic mass is 35.5. The minimum Gasteiger partial charge on any atom is -0.366 e. The second-order valence-corrected chi connectivity index (χ2v) is 4.64. The molecular formula is C12H20ClN3. The summed E-state index contributed by atoms with van der Waals surface area (Å²) < 4.78 is 0. The van der Waals surface area contributed by atoms with Crippen LogP contribution in [0.2, 0.25) is 5.15 Å². The van der Waals surface area contributed by atoms with Crippen LogP contribution in [0.25, 0.3) is 0 Å². The first-order chi connectivity index (χ1) is 7.56. The van der Waals surface area contributed by atoms with Crippen LogP contribution in [0, 0.1) is 13.8 Å². The maximum absolute atomic E-state index is 5.90. The van der Waals surface area contributed by atoms with Crippen molar-refractivity contribution < 1.29 is 0 Å². The van der Waals surface area contributed by atoms with Gasteiger partial charge in [0.2, 0.25) is 0 Å². The number of nitrogens with one attached hydrogen (secondary N) is 1. The first-order valence-corrected chi connectivity index (χ1v) is 6.20. The van der Waals surface area contributed by atoms with Gasteiger partial charge in [-0.25, -0.2) is 0 Å². The van der Waals surface area contributed by atoms with Gasteiger partial charge in [-0.1, -0.05) is 31.4 Å². The van der Waals surface area contributed by atoms with E-state index in [1.54, 1.807) is 0 Å². The fourth-order valence-electron chi connectivity index (χ4n) is 1.53. The topological polar surface area (TPSA) is 37.8 Å². The van der Waals surface area contributed by atoms with E-state index in [2.05, 4.69) is 29.4 Å². The Morgan fingerprint density at radius 3 is 2.56 bits per heavy atom. The van der Waals surface area contributed by atoms with Gasteiger partial charge in [0.15, 0.2) is 11.0 Å². The van der Waals surface area contributed by atoms with Crippen LogP contribution in [0.1, 0.15) is 44.2 Å². The molecule has 1 heterocycles. The fourth-order valence-corrected chi connectivity index (χ4v) is 1.71. The van der Waals surface area contributed by atoms with Crippen LogP contribution in [-0.4, -0.2) is 16.2 Å². The average molecular weight is 242 g/mol. The lowest BCUT2D eigenvalue weighted by molar-refractivity contribution is 0.641. The van der Waals surface area contributed by atoms with E-state index in [1.807, 2.05) is 13.8 Å². The summed E-state index contributed by atoms with van der Waals surface area (Å²) in [7, 11) is 0. The monoisotopic (exact) mass is 241 g/mol. The largest absolute Gasteiger partial charge is 0.366 e. The quantitative estimate of drug-likeness (QED) is 0.854. The second-order valence-electron chi connectivity index (χ2n) is 4.28. The van der Waals surface area contributed by atoms with Crippen LogP contribution >= 0.6 is 11.6 Å². The van der Waals surface area contributed by atoms with Crippen molar-refractivity contribution in [1.29, 1.82) is 0 Å². The molecule has 1 atom stereocenters. The van der Waals surface area contributed by atoms with Crippen molar-refractivity contribution in [3.63, 3.8) is 0 Å². The van der Waals surface area contributed by atoms with Gasteiger partial charge in [0, 0.05) is 6.04 Å². The van der Waals surface area contributed by atoms with E-state index >= 15 is 0 Å². The summed E-state index contributed by atoms with van der Waals surface area (Å²) in [5, 5.41) is 11.9. The van der Waals surface area contributed by atoms with Crippen molar-refractivity contribution in [2.24, 2.45) is 0 Å². The molecule has 0 saturated heterocycles. The van der Waals surface area contributed by atoms with E-state index in [0.29, 0.717) is 11.2 Å². The molecule has 0 saturated carbocycles. The van der Waals surface area contributed by atoms with E-state index in [0.717, 1.165) is 23.4 Å². The Balaban J connectivity index is 2.70. The Labute approximate surface area is 103 Å². The van der Waals surface area contributed by atoms with Crippen molar-refractivity contribution in [2.75, 3.05) is 5.32 Å². The van der Waals surface area contributed by atoms with Gasteiger partial charge in [-0.3, -0.25) is 0 Å². The summed E-state index contributed by atoms with van der Waals surface area (Å²) in [5.41, 5.74) is 2.09. The molecule has 0 aliphatic heterocycles. The molecule has 1 aromatic heterocycles. The Morgan fingerprint density at radius 2 is 1.94 bits per heavy atom. The minimum atomic E-state index is 0.425. The third-order valence-corrected chi connectivity index (χ3v) is 3.20. The number of hydrogen-bond donors (Lipinski definition) is 1. The summed E-state index contributed by atoms with van der Waals surface area (Å²) in [4.78, 5) is 0. The van der Waals surface area contributed by atoms with Crippen LogP contribution in [0.4, 0.5) is 5.82 Å². The number of halogens is 1. The summed E-state index contributed by atoms with van der Waals surface area (Å²) in [6.07, 6.45) is 3.60. The van der Waals surface area contributed by atoms with Gasteiger partial charge in [-0.2, -0.15) is 0 Å². The van der Waals surface area contributed by atoms with Gasteiger partial charge in [-0.05, 0) is 38.3 Å². The number of unbranched alkanes of at least 4 members (excludes halogenated alkanes) is 1. The lowest BCUT2D eigenvalue weighted by atomic mass is 10.1. The Hall–Kier alpha value is -0.830. The zero-order valence-electron chi connectivity index (χ0n) is 10.5. The Bertz CT molecular complexity index is 352. The fraction of sp³-hybridized carbons (Fsp3) is 0.667. The van der Waals surface area contributed by atoms with Crippen LogP contribution < -0.4 is 5.32 Å². The van der Waals surface area contributed by atoms with E-state index < -0.39 is 0 Å². The van der Waals surface area contributed by atoms with Crippen molar-refractivity contribution in [3.05, 3.63) is 16.3 Å². The molecule has 1 unspecified atom stereocenters. The lowest BCUT2D eigenvalue weighted by Gasteiger charge is -2.16. The van der Waals surface area contributed by atoms with Crippen LogP contribution in [0.5, 0.6) is 0 Å². The predicted molar refractivity (Wildman–Crippen MR) is 69.1 cm³/mol. The third-order valence-electron chi connectivity index (χ3n) is 2.84. The van der Waals surface area contributed by atoms with Crippen LogP contribution in [0.3, 0.4) is 0 Å².